The van der Waals surface area contributed by atoms with Gasteiger partial charge in [-0.1, -0.05) is 25.2 Å². The number of aryl methyl sites for hydroxylation is 1. The summed E-state index contributed by atoms with van der Waals surface area (Å²) in [6, 6.07) is 0.389. The van der Waals surface area contributed by atoms with Crippen molar-refractivity contribution in [3.8, 4) is 0 Å². The van der Waals surface area contributed by atoms with Gasteiger partial charge in [0.15, 0.2) is 0 Å². The highest BCUT2D eigenvalue weighted by atomic mass is 32.1. The third-order valence-electron chi connectivity index (χ3n) is 1.83. The Morgan fingerprint density at radius 2 is 2.00 bits per heavy atom. The Morgan fingerprint density at radius 1 is 1.31 bits per heavy atom. The van der Waals surface area contributed by atoms with E-state index < -0.39 is 11.2 Å². The number of aromatic nitrogens is 2. The minimum Gasteiger partial charge on any atom is -0.315 e. The van der Waals surface area contributed by atoms with Crippen LogP contribution in [0, 0.1) is 0 Å². The summed E-state index contributed by atoms with van der Waals surface area (Å²) in [6.45, 7) is 4.82. The molecule has 0 saturated carbocycles. The first kappa shape index (κ1) is 13.4. The molecule has 0 bridgehead atoms. The van der Waals surface area contributed by atoms with E-state index in [1.807, 2.05) is 13.8 Å². The first-order valence-electron chi connectivity index (χ1n) is 5.02. The van der Waals surface area contributed by atoms with Gasteiger partial charge in [0.05, 0.1) is 0 Å². The molecule has 92 valence electrons. The summed E-state index contributed by atoms with van der Waals surface area (Å²) >= 11 is 0.624. The van der Waals surface area contributed by atoms with E-state index in [0.717, 1.165) is 13.0 Å². The summed E-state index contributed by atoms with van der Waals surface area (Å²) in [6.07, 6.45) is -3.07. The topological polar surface area (TPSA) is 37.8 Å². The molecular weight excluding hydrogens is 239 g/mol. The molecule has 7 heteroatoms. The summed E-state index contributed by atoms with van der Waals surface area (Å²) in [5, 5.41) is 9.41. The highest BCUT2D eigenvalue weighted by Crippen LogP contribution is 2.31. The lowest BCUT2D eigenvalue weighted by atomic mass is 10.3. The van der Waals surface area contributed by atoms with Gasteiger partial charge in [-0.25, -0.2) is 0 Å². The number of halogens is 3. The Balaban J connectivity index is 2.36. The molecule has 0 aliphatic heterocycles. The van der Waals surface area contributed by atoms with Crippen molar-refractivity contribution in [2.75, 3.05) is 6.54 Å². The minimum atomic E-state index is -4.37. The zero-order valence-electron chi connectivity index (χ0n) is 9.14. The molecule has 1 N–H and O–H groups in total. The second-order valence-corrected chi connectivity index (χ2v) is 4.77. The molecule has 3 nitrogen and oxygen atoms in total. The van der Waals surface area contributed by atoms with Crippen molar-refractivity contribution in [1.29, 1.82) is 0 Å². The fraction of sp³-hybridized carbons (Fsp3) is 0.778. The van der Waals surface area contributed by atoms with E-state index in [2.05, 4.69) is 15.5 Å². The molecular formula is C9H14F3N3S. The van der Waals surface area contributed by atoms with Crippen molar-refractivity contribution in [2.45, 2.75) is 38.9 Å². The fourth-order valence-corrected chi connectivity index (χ4v) is 1.85. The van der Waals surface area contributed by atoms with Gasteiger partial charge >= 0.3 is 6.18 Å². The van der Waals surface area contributed by atoms with E-state index in [9.17, 15) is 13.2 Å². The molecule has 0 atom stereocenters. The molecule has 0 radical (unpaired) electrons. The minimum absolute atomic E-state index is 0.389. The third kappa shape index (κ3) is 4.44. The van der Waals surface area contributed by atoms with Gasteiger partial charge in [-0.2, -0.15) is 13.2 Å². The van der Waals surface area contributed by atoms with Crippen molar-refractivity contribution >= 4 is 11.3 Å². The number of hydrogen-bond donors (Lipinski definition) is 1. The number of hydrogen-bond acceptors (Lipinski definition) is 4. The monoisotopic (exact) mass is 253 g/mol. The van der Waals surface area contributed by atoms with Crippen LogP contribution in [-0.4, -0.2) is 22.8 Å². The van der Waals surface area contributed by atoms with Gasteiger partial charge in [0.2, 0.25) is 5.01 Å². The number of rotatable bonds is 5. The van der Waals surface area contributed by atoms with Gasteiger partial charge in [-0.15, -0.1) is 10.2 Å². The van der Waals surface area contributed by atoms with Gasteiger partial charge in [0.1, 0.15) is 5.01 Å². The smallest absolute Gasteiger partial charge is 0.315 e. The maximum Gasteiger partial charge on any atom is 0.445 e. The lowest BCUT2D eigenvalue weighted by Gasteiger charge is -2.05. The van der Waals surface area contributed by atoms with Crippen molar-refractivity contribution in [2.24, 2.45) is 0 Å². The van der Waals surface area contributed by atoms with E-state index in [1.165, 1.54) is 0 Å². The summed E-state index contributed by atoms with van der Waals surface area (Å²) in [5.41, 5.74) is 0. The average molecular weight is 253 g/mol. The first-order valence-corrected chi connectivity index (χ1v) is 5.84. The number of nitrogens with one attached hydrogen (secondary N) is 1. The van der Waals surface area contributed by atoms with Crippen LogP contribution in [-0.2, 0) is 12.6 Å². The Labute approximate surface area is 96.1 Å². The lowest BCUT2D eigenvalue weighted by Crippen LogP contribution is -2.23. The molecule has 1 rings (SSSR count). The van der Waals surface area contributed by atoms with Crippen LogP contribution in [0.5, 0.6) is 0 Å². The molecule has 0 aliphatic rings. The van der Waals surface area contributed by atoms with Gasteiger partial charge in [0, 0.05) is 12.5 Å². The van der Waals surface area contributed by atoms with Crippen LogP contribution in [0.3, 0.4) is 0 Å². The van der Waals surface area contributed by atoms with Crippen LogP contribution in [0.2, 0.25) is 0 Å². The van der Waals surface area contributed by atoms with Gasteiger partial charge in [0.25, 0.3) is 0 Å². The van der Waals surface area contributed by atoms with Crippen molar-refractivity contribution in [3.63, 3.8) is 0 Å². The predicted molar refractivity (Wildman–Crippen MR) is 56.4 cm³/mol. The van der Waals surface area contributed by atoms with E-state index in [4.69, 9.17) is 0 Å². The average Bonchev–Trinajstić information content (AvgIpc) is 2.59. The van der Waals surface area contributed by atoms with E-state index in [1.54, 1.807) is 0 Å². The molecule has 0 aliphatic carbocycles. The molecule has 0 fully saturated rings. The van der Waals surface area contributed by atoms with Crippen LogP contribution in [0.1, 0.15) is 30.3 Å². The van der Waals surface area contributed by atoms with Crippen LogP contribution < -0.4 is 5.32 Å². The van der Waals surface area contributed by atoms with Gasteiger partial charge in [-0.05, 0) is 13.0 Å². The Bertz CT molecular complexity index is 322. The van der Waals surface area contributed by atoms with Crippen LogP contribution >= 0.6 is 11.3 Å². The molecule has 0 saturated heterocycles. The summed E-state index contributed by atoms with van der Waals surface area (Å²) in [7, 11) is 0. The van der Waals surface area contributed by atoms with Gasteiger partial charge in [-0.3, -0.25) is 0 Å². The number of nitrogens with zero attached hydrogens (tertiary/aromatic N) is 2. The Kier molecular flexibility index (Phi) is 4.67. The second-order valence-electron chi connectivity index (χ2n) is 3.71. The Morgan fingerprint density at radius 3 is 2.50 bits per heavy atom. The standard InChI is InChI=1S/C9H14F3N3S/c1-6(2)13-5-3-4-7-14-15-8(16-7)9(10,11)12/h6,13H,3-5H2,1-2H3. The molecule has 0 unspecified atom stereocenters. The largest absolute Gasteiger partial charge is 0.445 e. The zero-order valence-corrected chi connectivity index (χ0v) is 9.95. The molecule has 0 aromatic carbocycles. The van der Waals surface area contributed by atoms with Crippen molar-refractivity contribution < 1.29 is 13.2 Å². The van der Waals surface area contributed by atoms with Crippen LogP contribution in [0.4, 0.5) is 13.2 Å². The normalized spacial score (nSPS) is 12.4. The fourth-order valence-electron chi connectivity index (χ4n) is 1.10. The lowest BCUT2D eigenvalue weighted by molar-refractivity contribution is -0.138. The van der Waals surface area contributed by atoms with Crippen molar-refractivity contribution in [3.05, 3.63) is 10.0 Å². The maximum atomic E-state index is 12.2. The van der Waals surface area contributed by atoms with Crippen LogP contribution in [0.15, 0.2) is 0 Å². The highest BCUT2D eigenvalue weighted by molar-refractivity contribution is 7.11. The summed E-state index contributed by atoms with van der Waals surface area (Å²) < 4.78 is 36.6. The molecule has 1 heterocycles. The van der Waals surface area contributed by atoms with Gasteiger partial charge < -0.3 is 5.32 Å². The molecule has 1 aromatic heterocycles. The second kappa shape index (κ2) is 5.58. The summed E-state index contributed by atoms with van der Waals surface area (Å²) in [5.74, 6) is 0. The maximum absolute atomic E-state index is 12.2. The third-order valence-corrected chi connectivity index (χ3v) is 2.86. The quantitative estimate of drug-likeness (QED) is 0.819. The summed E-state index contributed by atoms with van der Waals surface area (Å²) in [4.78, 5) is 0. The highest BCUT2D eigenvalue weighted by Gasteiger charge is 2.35. The Hall–Kier alpha value is -0.690. The molecule has 1 aromatic rings. The molecule has 16 heavy (non-hydrogen) atoms. The zero-order chi connectivity index (χ0) is 12.2. The van der Waals surface area contributed by atoms with E-state index in [-0.39, 0.29) is 0 Å². The van der Waals surface area contributed by atoms with E-state index in [0.29, 0.717) is 28.8 Å². The SMILES string of the molecule is CC(C)NCCCc1nnc(C(F)(F)F)s1. The predicted octanol–water partition coefficient (Wildman–Crippen LogP) is 2.49. The number of alkyl halides is 3. The van der Waals surface area contributed by atoms with Crippen molar-refractivity contribution in [1.82, 2.24) is 15.5 Å². The molecule has 0 amide bonds. The molecule has 0 spiro atoms. The first-order chi connectivity index (χ1) is 7.39. The van der Waals surface area contributed by atoms with Crippen LogP contribution in [0.25, 0.3) is 0 Å². The van der Waals surface area contributed by atoms with E-state index >= 15 is 0 Å².